The zero-order chi connectivity index (χ0) is 14.1. The van der Waals surface area contributed by atoms with Crippen LogP contribution in [0.2, 0.25) is 0 Å². The fourth-order valence-corrected chi connectivity index (χ4v) is 4.28. The number of ether oxygens (including phenoxy) is 1. The molecule has 0 aliphatic carbocycles. The number of hydrogen-bond acceptors (Lipinski definition) is 4. The van der Waals surface area contributed by atoms with E-state index in [0.717, 1.165) is 44.1 Å². The zero-order valence-electron chi connectivity index (χ0n) is 12.3. The molecule has 3 saturated heterocycles. The fourth-order valence-electron chi connectivity index (χ4n) is 4.28. The Hall–Kier alpha value is -0.650. The molecule has 0 saturated carbocycles. The minimum Gasteiger partial charge on any atom is -0.480 e. The highest BCUT2D eigenvalue weighted by Crippen LogP contribution is 2.37. The lowest BCUT2D eigenvalue weighted by Gasteiger charge is -2.44. The second kappa shape index (κ2) is 6.00. The average molecular weight is 282 g/mol. The molecular weight excluding hydrogens is 256 g/mol. The monoisotopic (exact) mass is 282 g/mol. The number of hydrogen-bond donors (Lipinski definition) is 1. The largest absolute Gasteiger partial charge is 0.480 e. The fraction of sp³-hybridized carbons (Fsp3) is 0.933. The minimum atomic E-state index is -0.862. The lowest BCUT2D eigenvalue weighted by atomic mass is 9.94. The van der Waals surface area contributed by atoms with Crippen molar-refractivity contribution in [1.29, 1.82) is 0 Å². The third kappa shape index (κ3) is 3.00. The van der Waals surface area contributed by atoms with Crippen LogP contribution in [0.25, 0.3) is 0 Å². The zero-order valence-corrected chi connectivity index (χ0v) is 12.3. The van der Waals surface area contributed by atoms with Gasteiger partial charge in [-0.05, 0) is 45.6 Å². The summed E-state index contributed by atoms with van der Waals surface area (Å²) in [4.78, 5) is 15.7. The summed E-state index contributed by atoms with van der Waals surface area (Å²) >= 11 is 0. The van der Waals surface area contributed by atoms with E-state index in [4.69, 9.17) is 9.84 Å². The predicted molar refractivity (Wildman–Crippen MR) is 75.8 cm³/mol. The number of nitrogens with zero attached hydrogens (tertiary/aromatic N) is 2. The molecule has 0 aromatic rings. The van der Waals surface area contributed by atoms with Crippen molar-refractivity contribution in [3.8, 4) is 0 Å². The van der Waals surface area contributed by atoms with Gasteiger partial charge in [-0.3, -0.25) is 0 Å². The van der Waals surface area contributed by atoms with Crippen LogP contribution in [0, 0.1) is 0 Å². The molecule has 2 bridgehead atoms. The molecule has 0 radical (unpaired) electrons. The molecule has 20 heavy (non-hydrogen) atoms. The Morgan fingerprint density at radius 1 is 1.10 bits per heavy atom. The van der Waals surface area contributed by atoms with Crippen LogP contribution < -0.4 is 0 Å². The van der Waals surface area contributed by atoms with Crippen molar-refractivity contribution in [1.82, 2.24) is 9.80 Å². The van der Waals surface area contributed by atoms with Crippen LogP contribution in [-0.2, 0) is 9.53 Å². The topological polar surface area (TPSA) is 53.0 Å². The van der Waals surface area contributed by atoms with E-state index in [2.05, 4.69) is 16.8 Å². The number of carbonyl (C=O) groups is 1. The van der Waals surface area contributed by atoms with Crippen molar-refractivity contribution in [3.05, 3.63) is 0 Å². The molecule has 114 valence electrons. The number of carboxylic acid groups (broad SMARTS) is 1. The maximum atomic E-state index is 10.5. The van der Waals surface area contributed by atoms with Gasteiger partial charge in [-0.2, -0.15) is 0 Å². The first-order valence-electron chi connectivity index (χ1n) is 7.93. The molecule has 0 aromatic carbocycles. The smallest absolute Gasteiger partial charge is 0.329 e. The molecule has 5 heteroatoms. The van der Waals surface area contributed by atoms with E-state index in [1.807, 2.05) is 0 Å². The second-order valence-corrected chi connectivity index (χ2v) is 6.62. The van der Waals surface area contributed by atoms with Crippen molar-refractivity contribution in [3.63, 3.8) is 0 Å². The highest BCUT2D eigenvalue weighted by molar-refractivity contribution is 5.68. The summed E-state index contributed by atoms with van der Waals surface area (Å²) in [5.74, 6) is -0.862. The maximum absolute atomic E-state index is 10.5. The Morgan fingerprint density at radius 2 is 1.70 bits per heavy atom. The number of carboxylic acids is 1. The average Bonchev–Trinajstić information content (AvgIpc) is 2.67. The normalized spacial score (nSPS) is 36.4. The highest BCUT2D eigenvalue weighted by atomic mass is 16.5. The molecule has 2 atom stereocenters. The maximum Gasteiger partial charge on any atom is 0.329 e. The van der Waals surface area contributed by atoms with E-state index in [1.165, 1.54) is 25.7 Å². The Morgan fingerprint density at radius 3 is 2.25 bits per heavy atom. The number of piperidine rings is 2. The molecule has 0 spiro atoms. The van der Waals surface area contributed by atoms with E-state index < -0.39 is 5.97 Å². The molecule has 3 aliphatic heterocycles. The van der Waals surface area contributed by atoms with Gasteiger partial charge in [0.1, 0.15) is 6.61 Å². The first-order valence-corrected chi connectivity index (χ1v) is 7.93. The van der Waals surface area contributed by atoms with Crippen LogP contribution in [-0.4, -0.2) is 71.8 Å². The molecule has 2 unspecified atom stereocenters. The lowest BCUT2D eigenvalue weighted by Crippen LogP contribution is -2.51. The summed E-state index contributed by atoms with van der Waals surface area (Å²) in [6.45, 7) is 1.99. The summed E-state index contributed by atoms with van der Waals surface area (Å²) < 4.78 is 5.42. The quantitative estimate of drug-likeness (QED) is 0.839. The van der Waals surface area contributed by atoms with Gasteiger partial charge in [0.05, 0.1) is 6.10 Å². The van der Waals surface area contributed by atoms with Crippen molar-refractivity contribution in [2.24, 2.45) is 0 Å². The molecule has 3 fully saturated rings. The number of rotatable bonds is 4. The number of aliphatic carboxylic acids is 1. The first kappa shape index (κ1) is 14.3. The van der Waals surface area contributed by atoms with E-state index in [1.54, 1.807) is 0 Å². The Kier molecular flexibility index (Phi) is 4.29. The van der Waals surface area contributed by atoms with Crippen molar-refractivity contribution >= 4 is 5.97 Å². The molecule has 3 rings (SSSR count). The lowest BCUT2D eigenvalue weighted by molar-refractivity contribution is -0.145. The van der Waals surface area contributed by atoms with Crippen LogP contribution >= 0.6 is 0 Å². The van der Waals surface area contributed by atoms with Gasteiger partial charge in [0.15, 0.2) is 0 Å². The summed E-state index contributed by atoms with van der Waals surface area (Å²) in [5.41, 5.74) is 0. The molecule has 3 heterocycles. The van der Waals surface area contributed by atoms with Crippen LogP contribution in [0.15, 0.2) is 0 Å². The second-order valence-electron chi connectivity index (χ2n) is 6.62. The van der Waals surface area contributed by atoms with Gasteiger partial charge in [0, 0.05) is 31.2 Å². The van der Waals surface area contributed by atoms with Gasteiger partial charge in [-0.1, -0.05) is 0 Å². The third-order valence-corrected chi connectivity index (χ3v) is 5.51. The number of fused-ring (bicyclic) bond motifs is 2. The van der Waals surface area contributed by atoms with Gasteiger partial charge < -0.3 is 19.6 Å². The third-order valence-electron chi connectivity index (χ3n) is 5.51. The van der Waals surface area contributed by atoms with E-state index in [0.29, 0.717) is 0 Å². The summed E-state index contributed by atoms with van der Waals surface area (Å²) in [5, 5.41) is 8.65. The SMILES string of the molecule is CN1C2CCC1CC(N1CCC(OCC(=O)O)CC1)C2. The van der Waals surface area contributed by atoms with E-state index in [-0.39, 0.29) is 12.7 Å². The van der Waals surface area contributed by atoms with Gasteiger partial charge in [0.25, 0.3) is 0 Å². The Labute approximate surface area is 120 Å². The summed E-state index contributed by atoms with van der Waals surface area (Å²) in [6, 6.07) is 2.32. The molecule has 0 amide bonds. The van der Waals surface area contributed by atoms with E-state index in [9.17, 15) is 4.79 Å². The van der Waals surface area contributed by atoms with Crippen LogP contribution in [0.3, 0.4) is 0 Å². The van der Waals surface area contributed by atoms with Crippen LogP contribution in [0.4, 0.5) is 0 Å². The predicted octanol–water partition coefficient (Wildman–Crippen LogP) is 1.18. The number of likely N-dealkylation sites (tertiary alicyclic amines) is 1. The first-order chi connectivity index (χ1) is 9.63. The van der Waals surface area contributed by atoms with Crippen LogP contribution in [0.1, 0.15) is 38.5 Å². The molecule has 3 aliphatic rings. The summed E-state index contributed by atoms with van der Waals surface area (Å²) in [6.07, 6.45) is 7.47. The van der Waals surface area contributed by atoms with Gasteiger partial charge in [-0.25, -0.2) is 4.79 Å². The molecule has 5 nitrogen and oxygen atoms in total. The summed E-state index contributed by atoms with van der Waals surface area (Å²) in [7, 11) is 2.28. The van der Waals surface area contributed by atoms with E-state index >= 15 is 0 Å². The molecular formula is C15H26N2O3. The molecule has 0 aromatic heterocycles. The minimum absolute atomic E-state index is 0.144. The standard InChI is InChI=1S/C15H26N2O3/c1-16-11-2-3-12(16)9-13(8-11)17-6-4-14(5-7-17)20-10-15(18)19/h11-14H,2-10H2,1H3,(H,18,19). The Balaban J connectivity index is 1.46. The Bertz CT molecular complexity index is 341. The van der Waals surface area contributed by atoms with Crippen molar-refractivity contribution in [2.45, 2.75) is 62.8 Å². The molecule has 1 N–H and O–H groups in total. The van der Waals surface area contributed by atoms with Crippen molar-refractivity contribution in [2.75, 3.05) is 26.7 Å². The van der Waals surface area contributed by atoms with Crippen LogP contribution in [0.5, 0.6) is 0 Å². The van der Waals surface area contributed by atoms with Gasteiger partial charge >= 0.3 is 5.97 Å². The highest BCUT2D eigenvalue weighted by Gasteiger charge is 2.40. The van der Waals surface area contributed by atoms with Gasteiger partial charge in [0.2, 0.25) is 0 Å². The van der Waals surface area contributed by atoms with Crippen molar-refractivity contribution < 1.29 is 14.6 Å². The van der Waals surface area contributed by atoms with Gasteiger partial charge in [-0.15, -0.1) is 0 Å².